The Hall–Kier alpha value is -2.15. The maximum atomic E-state index is 10.7. The van der Waals surface area contributed by atoms with Gasteiger partial charge in [0.2, 0.25) is 0 Å². The molecule has 7 nitrogen and oxygen atoms in total. The van der Waals surface area contributed by atoms with E-state index in [1.54, 1.807) is 12.1 Å². The summed E-state index contributed by atoms with van der Waals surface area (Å²) in [6, 6.07) is 6.49. The largest absolute Gasteiger partial charge is 0.382 e. The highest BCUT2D eigenvalue weighted by molar-refractivity contribution is 5.79. The van der Waals surface area contributed by atoms with E-state index < -0.39 is 4.92 Å². The van der Waals surface area contributed by atoms with E-state index in [1.807, 2.05) is 6.92 Å². The maximum Gasteiger partial charge on any atom is 0.269 e. The lowest BCUT2D eigenvalue weighted by molar-refractivity contribution is -0.384. The monoisotopic (exact) mass is 350 g/mol. The molecule has 0 aliphatic heterocycles. The van der Waals surface area contributed by atoms with Crippen molar-refractivity contribution in [3.05, 3.63) is 39.9 Å². The van der Waals surface area contributed by atoms with Crippen LogP contribution in [0.5, 0.6) is 0 Å². The summed E-state index contributed by atoms with van der Waals surface area (Å²) in [7, 11) is 0. The standard InChI is InChI=1S/C18H30N4O3/c1-4-25-13-5-11-19-18(20-12-10-15(2)3)21-14-16-6-8-17(9-7-16)22(23)24/h6-9,15H,4-5,10-14H2,1-3H3,(H2,19,20,21). The number of nitrogens with one attached hydrogen (secondary N) is 2. The van der Waals surface area contributed by atoms with Crippen LogP contribution in [0.15, 0.2) is 29.3 Å². The van der Waals surface area contributed by atoms with Gasteiger partial charge >= 0.3 is 0 Å². The molecule has 140 valence electrons. The van der Waals surface area contributed by atoms with Gasteiger partial charge in [0.1, 0.15) is 0 Å². The Morgan fingerprint density at radius 1 is 1.24 bits per heavy atom. The highest BCUT2D eigenvalue weighted by Gasteiger charge is 2.04. The van der Waals surface area contributed by atoms with Crippen LogP contribution in [0.2, 0.25) is 0 Å². The van der Waals surface area contributed by atoms with E-state index in [4.69, 9.17) is 4.74 Å². The Bertz CT molecular complexity index is 530. The zero-order chi connectivity index (χ0) is 18.5. The summed E-state index contributed by atoms with van der Waals surface area (Å²) in [6.45, 7) is 9.93. The summed E-state index contributed by atoms with van der Waals surface area (Å²) in [5, 5.41) is 17.3. The Morgan fingerprint density at radius 2 is 1.92 bits per heavy atom. The number of non-ortho nitro benzene ring substituents is 1. The molecule has 0 aliphatic rings. The minimum atomic E-state index is -0.397. The molecule has 0 aromatic heterocycles. The number of benzene rings is 1. The number of hydrogen-bond donors (Lipinski definition) is 2. The SMILES string of the molecule is CCOCCCNC(=NCc1ccc([N+](=O)[O-])cc1)NCCC(C)C. The second-order valence-electron chi connectivity index (χ2n) is 6.17. The molecule has 0 heterocycles. The quantitative estimate of drug-likeness (QED) is 0.210. The minimum Gasteiger partial charge on any atom is -0.382 e. The molecule has 1 rings (SSSR count). The highest BCUT2D eigenvalue weighted by Crippen LogP contribution is 2.12. The molecular formula is C18H30N4O3. The van der Waals surface area contributed by atoms with E-state index in [9.17, 15) is 10.1 Å². The molecule has 0 amide bonds. The van der Waals surface area contributed by atoms with Crippen LogP contribution in [-0.2, 0) is 11.3 Å². The fraction of sp³-hybridized carbons (Fsp3) is 0.611. The van der Waals surface area contributed by atoms with Crippen LogP contribution in [0.1, 0.15) is 39.2 Å². The van der Waals surface area contributed by atoms with Crippen LogP contribution in [-0.4, -0.2) is 37.2 Å². The number of aliphatic imine (C=N–C) groups is 1. The molecule has 0 unspecified atom stereocenters. The maximum absolute atomic E-state index is 10.7. The van der Waals surface area contributed by atoms with Gasteiger partial charge in [0.05, 0.1) is 11.5 Å². The van der Waals surface area contributed by atoms with Crippen molar-refractivity contribution in [1.82, 2.24) is 10.6 Å². The van der Waals surface area contributed by atoms with Crippen molar-refractivity contribution >= 4 is 11.6 Å². The molecule has 0 atom stereocenters. The summed E-state index contributed by atoms with van der Waals surface area (Å²) in [5.74, 6) is 1.39. The first-order chi connectivity index (χ1) is 12.0. The lowest BCUT2D eigenvalue weighted by atomic mass is 10.1. The minimum absolute atomic E-state index is 0.0945. The third-order valence-electron chi connectivity index (χ3n) is 3.54. The predicted molar refractivity (Wildman–Crippen MR) is 101 cm³/mol. The van der Waals surface area contributed by atoms with Crippen LogP contribution in [0.4, 0.5) is 5.69 Å². The van der Waals surface area contributed by atoms with Crippen LogP contribution in [0.3, 0.4) is 0 Å². The van der Waals surface area contributed by atoms with E-state index in [0.29, 0.717) is 12.5 Å². The molecule has 0 saturated heterocycles. The van der Waals surface area contributed by atoms with E-state index >= 15 is 0 Å². The molecule has 1 aromatic rings. The number of guanidine groups is 1. The molecule has 0 aliphatic carbocycles. The zero-order valence-electron chi connectivity index (χ0n) is 15.5. The molecule has 1 aromatic carbocycles. The fourth-order valence-electron chi connectivity index (χ4n) is 2.07. The van der Waals surface area contributed by atoms with Crippen molar-refractivity contribution in [2.75, 3.05) is 26.3 Å². The topological polar surface area (TPSA) is 88.8 Å². The summed E-state index contributed by atoms with van der Waals surface area (Å²) < 4.78 is 5.33. The average Bonchev–Trinajstić information content (AvgIpc) is 2.59. The van der Waals surface area contributed by atoms with E-state index in [0.717, 1.165) is 50.7 Å². The van der Waals surface area contributed by atoms with Gasteiger partial charge in [0.25, 0.3) is 5.69 Å². The first-order valence-electron chi connectivity index (χ1n) is 8.86. The first-order valence-corrected chi connectivity index (χ1v) is 8.86. The third-order valence-corrected chi connectivity index (χ3v) is 3.54. The molecule has 0 bridgehead atoms. The van der Waals surface area contributed by atoms with Crippen LogP contribution in [0, 0.1) is 16.0 Å². The summed E-state index contributed by atoms with van der Waals surface area (Å²) in [4.78, 5) is 14.9. The molecule has 0 spiro atoms. The Morgan fingerprint density at radius 3 is 2.52 bits per heavy atom. The molecule has 0 saturated carbocycles. The van der Waals surface area contributed by atoms with Gasteiger partial charge in [0.15, 0.2) is 5.96 Å². The smallest absolute Gasteiger partial charge is 0.269 e. The fourth-order valence-corrected chi connectivity index (χ4v) is 2.07. The molecule has 0 radical (unpaired) electrons. The number of rotatable bonds is 11. The third kappa shape index (κ3) is 9.66. The van der Waals surface area contributed by atoms with Crippen molar-refractivity contribution in [3.8, 4) is 0 Å². The van der Waals surface area contributed by atoms with Gasteiger partial charge in [-0.05, 0) is 31.2 Å². The zero-order valence-corrected chi connectivity index (χ0v) is 15.5. The number of nitrogens with zero attached hydrogens (tertiary/aromatic N) is 2. The number of hydrogen-bond acceptors (Lipinski definition) is 4. The Balaban J connectivity index is 2.55. The lowest BCUT2D eigenvalue weighted by Gasteiger charge is -2.13. The second kappa shape index (κ2) is 12.2. The van der Waals surface area contributed by atoms with E-state index in [1.165, 1.54) is 12.1 Å². The van der Waals surface area contributed by atoms with Crippen LogP contribution in [0.25, 0.3) is 0 Å². The molecule has 2 N–H and O–H groups in total. The van der Waals surface area contributed by atoms with Gasteiger partial charge < -0.3 is 15.4 Å². The number of ether oxygens (including phenoxy) is 1. The summed E-state index contributed by atoms with van der Waals surface area (Å²) in [5.41, 5.74) is 1.03. The van der Waals surface area contributed by atoms with Gasteiger partial charge in [-0.1, -0.05) is 26.0 Å². The summed E-state index contributed by atoms with van der Waals surface area (Å²) >= 11 is 0. The number of nitro groups is 1. The highest BCUT2D eigenvalue weighted by atomic mass is 16.6. The Kier molecular flexibility index (Phi) is 10.2. The van der Waals surface area contributed by atoms with E-state index in [-0.39, 0.29) is 5.69 Å². The van der Waals surface area contributed by atoms with Crippen LogP contribution < -0.4 is 10.6 Å². The summed E-state index contributed by atoms with van der Waals surface area (Å²) in [6.07, 6.45) is 1.98. The molecule has 0 fully saturated rings. The van der Waals surface area contributed by atoms with Crippen LogP contribution >= 0.6 is 0 Å². The van der Waals surface area contributed by atoms with E-state index in [2.05, 4.69) is 29.5 Å². The van der Waals surface area contributed by atoms with Gasteiger partial charge in [-0.2, -0.15) is 0 Å². The van der Waals surface area contributed by atoms with Crippen molar-refractivity contribution < 1.29 is 9.66 Å². The van der Waals surface area contributed by atoms with Crippen molar-refractivity contribution in [1.29, 1.82) is 0 Å². The molecular weight excluding hydrogens is 320 g/mol. The van der Waals surface area contributed by atoms with Crippen molar-refractivity contribution in [2.24, 2.45) is 10.9 Å². The Labute approximate surface area is 150 Å². The van der Waals surface area contributed by atoms with Crippen molar-refractivity contribution in [3.63, 3.8) is 0 Å². The lowest BCUT2D eigenvalue weighted by Crippen LogP contribution is -2.39. The van der Waals surface area contributed by atoms with Crippen molar-refractivity contribution in [2.45, 2.75) is 40.2 Å². The first kappa shape index (κ1) is 20.9. The normalized spacial score (nSPS) is 11.6. The second-order valence-corrected chi connectivity index (χ2v) is 6.17. The van der Waals surface area contributed by atoms with Gasteiger partial charge in [-0.15, -0.1) is 0 Å². The predicted octanol–water partition coefficient (Wildman–Crippen LogP) is 3.10. The molecule has 25 heavy (non-hydrogen) atoms. The van der Waals surface area contributed by atoms with Gasteiger partial charge in [-0.3, -0.25) is 10.1 Å². The number of nitro benzene ring substituents is 1. The van der Waals surface area contributed by atoms with Gasteiger partial charge in [0, 0.05) is 38.4 Å². The molecule has 7 heteroatoms. The average molecular weight is 350 g/mol. The van der Waals surface area contributed by atoms with Gasteiger partial charge in [-0.25, -0.2) is 4.99 Å².